The van der Waals surface area contributed by atoms with Crippen LogP contribution < -0.4 is 5.32 Å². The summed E-state index contributed by atoms with van der Waals surface area (Å²) >= 11 is 3.50. The van der Waals surface area contributed by atoms with Gasteiger partial charge in [-0.1, -0.05) is 35.0 Å². The van der Waals surface area contributed by atoms with Crippen LogP contribution in [-0.4, -0.2) is 31.6 Å². The number of hydrogen-bond acceptors (Lipinski definition) is 2. The van der Waals surface area contributed by atoms with Gasteiger partial charge in [-0.3, -0.25) is 0 Å². The molecule has 1 N–H and O–H groups in total. The summed E-state index contributed by atoms with van der Waals surface area (Å²) in [5, 5.41) is 3.60. The smallest absolute Gasteiger partial charge is 0.0332 e. The lowest BCUT2D eigenvalue weighted by molar-refractivity contribution is 0.297. The SMILES string of the molecule is CCNC(CCN(C)CC1CC1)c1ccc(Br)cc1. The molecule has 1 aromatic carbocycles. The Morgan fingerprint density at radius 3 is 2.58 bits per heavy atom. The third-order valence-electron chi connectivity index (χ3n) is 3.79. The van der Waals surface area contributed by atoms with E-state index in [1.165, 1.54) is 37.9 Å². The zero-order valence-corrected chi connectivity index (χ0v) is 13.6. The van der Waals surface area contributed by atoms with Crippen molar-refractivity contribution in [1.82, 2.24) is 10.2 Å². The van der Waals surface area contributed by atoms with Crippen molar-refractivity contribution in [3.63, 3.8) is 0 Å². The van der Waals surface area contributed by atoms with E-state index in [0.29, 0.717) is 6.04 Å². The molecule has 0 heterocycles. The Hall–Kier alpha value is -0.380. The summed E-state index contributed by atoms with van der Waals surface area (Å²) in [6.45, 7) is 5.65. The fourth-order valence-electron chi connectivity index (χ4n) is 2.51. The Labute approximate surface area is 125 Å². The summed E-state index contributed by atoms with van der Waals surface area (Å²) in [5.41, 5.74) is 1.39. The molecule has 1 atom stereocenters. The van der Waals surface area contributed by atoms with Gasteiger partial charge in [0.2, 0.25) is 0 Å². The monoisotopic (exact) mass is 324 g/mol. The summed E-state index contributed by atoms with van der Waals surface area (Å²) in [6, 6.07) is 9.18. The highest BCUT2D eigenvalue weighted by Crippen LogP contribution is 2.29. The standard InChI is InChI=1S/C16H25BrN2/c1-3-18-16(14-6-8-15(17)9-7-14)10-11-19(2)12-13-4-5-13/h6-9,13,16,18H,3-5,10-12H2,1-2H3. The van der Waals surface area contributed by atoms with E-state index >= 15 is 0 Å². The van der Waals surface area contributed by atoms with E-state index in [9.17, 15) is 0 Å². The van der Waals surface area contributed by atoms with Gasteiger partial charge in [0, 0.05) is 17.1 Å². The largest absolute Gasteiger partial charge is 0.310 e. The number of nitrogens with zero attached hydrogens (tertiary/aromatic N) is 1. The number of benzene rings is 1. The molecule has 1 aromatic rings. The minimum absolute atomic E-state index is 0.472. The first kappa shape index (κ1) is 15.0. The molecule has 2 nitrogen and oxygen atoms in total. The van der Waals surface area contributed by atoms with E-state index < -0.39 is 0 Å². The van der Waals surface area contributed by atoms with Gasteiger partial charge in [0.05, 0.1) is 0 Å². The molecule has 0 aromatic heterocycles. The third kappa shape index (κ3) is 5.25. The molecule has 3 heteroatoms. The van der Waals surface area contributed by atoms with Gasteiger partial charge in [-0.25, -0.2) is 0 Å². The molecule has 106 valence electrons. The number of hydrogen-bond donors (Lipinski definition) is 1. The van der Waals surface area contributed by atoms with Crippen LogP contribution in [0.4, 0.5) is 0 Å². The summed E-state index contributed by atoms with van der Waals surface area (Å²) in [6.07, 6.45) is 4.06. The highest BCUT2D eigenvalue weighted by atomic mass is 79.9. The number of nitrogens with one attached hydrogen (secondary N) is 1. The lowest BCUT2D eigenvalue weighted by atomic mass is 10.0. The van der Waals surface area contributed by atoms with E-state index in [4.69, 9.17) is 0 Å². The summed E-state index contributed by atoms with van der Waals surface area (Å²) in [5.74, 6) is 0.982. The molecule has 1 aliphatic rings. The first-order chi connectivity index (χ1) is 9.19. The molecular formula is C16H25BrN2. The number of halogens is 1. The van der Waals surface area contributed by atoms with Crippen LogP contribution in [0.2, 0.25) is 0 Å². The van der Waals surface area contributed by atoms with E-state index in [2.05, 4.69) is 64.4 Å². The van der Waals surface area contributed by atoms with E-state index in [-0.39, 0.29) is 0 Å². The summed E-state index contributed by atoms with van der Waals surface area (Å²) in [4.78, 5) is 2.49. The van der Waals surface area contributed by atoms with Crippen molar-refractivity contribution in [1.29, 1.82) is 0 Å². The summed E-state index contributed by atoms with van der Waals surface area (Å²) in [7, 11) is 2.25. The molecule has 0 aliphatic heterocycles. The molecule has 1 fully saturated rings. The van der Waals surface area contributed by atoms with Crippen LogP contribution in [0.15, 0.2) is 28.7 Å². The molecule has 0 spiro atoms. The normalized spacial score (nSPS) is 16.8. The minimum Gasteiger partial charge on any atom is -0.310 e. The quantitative estimate of drug-likeness (QED) is 0.781. The molecular weight excluding hydrogens is 300 g/mol. The van der Waals surface area contributed by atoms with Crippen LogP contribution >= 0.6 is 15.9 Å². The maximum Gasteiger partial charge on any atom is 0.0332 e. The molecule has 0 amide bonds. The Morgan fingerprint density at radius 1 is 1.32 bits per heavy atom. The van der Waals surface area contributed by atoms with Gasteiger partial charge in [0.15, 0.2) is 0 Å². The molecule has 0 bridgehead atoms. The third-order valence-corrected chi connectivity index (χ3v) is 4.32. The second-order valence-corrected chi connectivity index (χ2v) is 6.57. The molecule has 19 heavy (non-hydrogen) atoms. The zero-order valence-electron chi connectivity index (χ0n) is 12.0. The predicted octanol–water partition coefficient (Wildman–Crippen LogP) is 3.83. The van der Waals surface area contributed by atoms with Crippen molar-refractivity contribution in [2.24, 2.45) is 5.92 Å². The average molecular weight is 325 g/mol. The fraction of sp³-hybridized carbons (Fsp3) is 0.625. The van der Waals surface area contributed by atoms with Crippen LogP contribution in [0.5, 0.6) is 0 Å². The van der Waals surface area contributed by atoms with Gasteiger partial charge in [-0.15, -0.1) is 0 Å². The Morgan fingerprint density at radius 2 is 2.00 bits per heavy atom. The second-order valence-electron chi connectivity index (χ2n) is 5.66. The van der Waals surface area contributed by atoms with Gasteiger partial charge < -0.3 is 10.2 Å². The maximum absolute atomic E-state index is 3.60. The molecule has 0 radical (unpaired) electrons. The first-order valence-electron chi connectivity index (χ1n) is 7.36. The van der Waals surface area contributed by atoms with Crippen LogP contribution in [-0.2, 0) is 0 Å². The van der Waals surface area contributed by atoms with Crippen molar-refractivity contribution in [3.8, 4) is 0 Å². The van der Waals surface area contributed by atoms with Crippen LogP contribution in [0.1, 0.15) is 37.8 Å². The van der Waals surface area contributed by atoms with Gasteiger partial charge in [-0.05, 0) is 63.0 Å². The van der Waals surface area contributed by atoms with E-state index in [1.54, 1.807) is 0 Å². The molecule has 1 unspecified atom stereocenters. The highest BCUT2D eigenvalue weighted by Gasteiger charge is 2.23. The van der Waals surface area contributed by atoms with Crippen LogP contribution in [0.25, 0.3) is 0 Å². The topological polar surface area (TPSA) is 15.3 Å². The van der Waals surface area contributed by atoms with Crippen molar-refractivity contribution < 1.29 is 0 Å². The fourth-order valence-corrected chi connectivity index (χ4v) is 2.77. The van der Waals surface area contributed by atoms with E-state index in [0.717, 1.165) is 16.9 Å². The highest BCUT2D eigenvalue weighted by molar-refractivity contribution is 9.10. The van der Waals surface area contributed by atoms with E-state index in [1.807, 2.05) is 0 Å². The molecule has 1 saturated carbocycles. The van der Waals surface area contributed by atoms with Gasteiger partial charge >= 0.3 is 0 Å². The van der Waals surface area contributed by atoms with Crippen molar-refractivity contribution in [2.45, 2.75) is 32.2 Å². The first-order valence-corrected chi connectivity index (χ1v) is 8.15. The van der Waals surface area contributed by atoms with Crippen molar-refractivity contribution in [2.75, 3.05) is 26.7 Å². The Balaban J connectivity index is 1.85. The van der Waals surface area contributed by atoms with Gasteiger partial charge in [0.1, 0.15) is 0 Å². The van der Waals surface area contributed by atoms with Crippen molar-refractivity contribution in [3.05, 3.63) is 34.3 Å². The van der Waals surface area contributed by atoms with Crippen LogP contribution in [0, 0.1) is 5.92 Å². The van der Waals surface area contributed by atoms with Gasteiger partial charge in [0.25, 0.3) is 0 Å². The van der Waals surface area contributed by atoms with Gasteiger partial charge in [-0.2, -0.15) is 0 Å². The average Bonchev–Trinajstić information content (AvgIpc) is 3.19. The molecule has 1 aliphatic carbocycles. The zero-order chi connectivity index (χ0) is 13.7. The lowest BCUT2D eigenvalue weighted by Crippen LogP contribution is -2.28. The van der Waals surface area contributed by atoms with Crippen molar-refractivity contribution >= 4 is 15.9 Å². The predicted molar refractivity (Wildman–Crippen MR) is 85.4 cm³/mol. The summed E-state index contributed by atoms with van der Waals surface area (Å²) < 4.78 is 1.15. The Kier molecular flexibility index (Phi) is 5.86. The van der Waals surface area contributed by atoms with Crippen LogP contribution in [0.3, 0.4) is 0 Å². The maximum atomic E-state index is 3.60. The molecule has 0 saturated heterocycles. The molecule has 2 rings (SSSR count). The second kappa shape index (κ2) is 7.41. The lowest BCUT2D eigenvalue weighted by Gasteiger charge is -2.22. The Bertz CT molecular complexity index is 373. The number of rotatable bonds is 8. The minimum atomic E-state index is 0.472.